The average molecular weight is 339 g/mol. The van der Waals surface area contributed by atoms with Gasteiger partial charge in [-0.05, 0) is 42.2 Å². The average Bonchev–Trinajstić information content (AvgIpc) is 3.05. The normalized spacial score (nSPS) is 14.0. The molecule has 2 aromatic rings. The van der Waals surface area contributed by atoms with Gasteiger partial charge in [-0.2, -0.15) is 0 Å². The van der Waals surface area contributed by atoms with Crippen molar-refractivity contribution in [3.8, 4) is 0 Å². The molecule has 1 aliphatic heterocycles. The molecule has 5 heteroatoms. The molecule has 0 aliphatic carbocycles. The van der Waals surface area contributed by atoms with Crippen molar-refractivity contribution in [2.45, 2.75) is 26.6 Å². The maximum atomic E-state index is 12.3. The number of carbonyl (C=O) groups excluding carboxylic acids is 1. The van der Waals surface area contributed by atoms with Crippen molar-refractivity contribution in [3.05, 3.63) is 70.3 Å². The number of amides is 1. The molecule has 1 amide bonds. The van der Waals surface area contributed by atoms with Gasteiger partial charge in [0.2, 0.25) is 0 Å². The molecule has 1 aliphatic rings. The summed E-state index contributed by atoms with van der Waals surface area (Å²) in [6.45, 7) is 3.16. The molecule has 1 atom stereocenters. The van der Waals surface area contributed by atoms with E-state index in [1.807, 2.05) is 43.3 Å². The fourth-order valence-corrected chi connectivity index (χ4v) is 3.00. The van der Waals surface area contributed by atoms with Crippen LogP contribution in [-0.2, 0) is 29.2 Å². The molecule has 0 spiro atoms. The Morgan fingerprint density at radius 1 is 1.16 bits per heavy atom. The molecule has 5 nitrogen and oxygen atoms in total. The number of carbonyl (C=O) groups is 2. The van der Waals surface area contributed by atoms with Crippen LogP contribution in [0.4, 0.5) is 0 Å². The lowest BCUT2D eigenvalue weighted by Crippen LogP contribution is -2.34. The summed E-state index contributed by atoms with van der Waals surface area (Å²) in [6, 6.07) is 13.2. The van der Waals surface area contributed by atoms with E-state index in [-0.39, 0.29) is 12.5 Å². The first-order valence-corrected chi connectivity index (χ1v) is 8.29. The third kappa shape index (κ3) is 4.25. The van der Waals surface area contributed by atoms with Crippen LogP contribution in [0.5, 0.6) is 0 Å². The highest BCUT2D eigenvalue weighted by Gasteiger charge is 2.20. The van der Waals surface area contributed by atoms with Gasteiger partial charge in [0, 0.05) is 12.1 Å². The van der Waals surface area contributed by atoms with Crippen LogP contribution < -0.4 is 5.32 Å². The van der Waals surface area contributed by atoms with E-state index in [9.17, 15) is 14.7 Å². The largest absolute Gasteiger partial charge is 0.481 e. The molecular weight excluding hydrogens is 318 g/mol. The quantitative estimate of drug-likeness (QED) is 0.848. The van der Waals surface area contributed by atoms with Crippen molar-refractivity contribution < 1.29 is 19.4 Å². The topological polar surface area (TPSA) is 75.6 Å². The number of nitrogens with one attached hydrogen (secondary N) is 1. The number of rotatable bonds is 6. The van der Waals surface area contributed by atoms with Gasteiger partial charge in [-0.15, -0.1) is 0 Å². The predicted octanol–water partition coefficient (Wildman–Crippen LogP) is 2.70. The monoisotopic (exact) mass is 339 g/mol. The summed E-state index contributed by atoms with van der Waals surface area (Å²) in [5.41, 5.74) is 4.69. The highest BCUT2D eigenvalue weighted by Crippen LogP contribution is 2.21. The van der Waals surface area contributed by atoms with Crippen LogP contribution in [0.25, 0.3) is 0 Å². The first kappa shape index (κ1) is 17.2. The van der Waals surface area contributed by atoms with Crippen LogP contribution in [0.1, 0.15) is 32.6 Å². The summed E-state index contributed by atoms with van der Waals surface area (Å²) >= 11 is 0. The number of carboxylic acids is 1. The molecular formula is C20H21NO4. The highest BCUT2D eigenvalue weighted by atomic mass is 16.5. The van der Waals surface area contributed by atoms with E-state index in [0.717, 1.165) is 22.3 Å². The maximum absolute atomic E-state index is 12.3. The minimum absolute atomic E-state index is 0.0929. The Balaban J connectivity index is 1.63. The van der Waals surface area contributed by atoms with Crippen molar-refractivity contribution in [2.75, 3.05) is 6.54 Å². The summed E-state index contributed by atoms with van der Waals surface area (Å²) in [5, 5.41) is 12.2. The Kier molecular flexibility index (Phi) is 5.14. The second-order valence-corrected chi connectivity index (χ2v) is 6.41. The molecule has 1 heterocycles. The lowest BCUT2D eigenvalue weighted by molar-refractivity contribution is -0.141. The predicted molar refractivity (Wildman–Crippen MR) is 93.3 cm³/mol. The fraction of sp³-hybridized carbons (Fsp3) is 0.300. The number of hydrogen-bond donors (Lipinski definition) is 2. The van der Waals surface area contributed by atoms with Crippen molar-refractivity contribution in [2.24, 2.45) is 5.92 Å². The molecule has 130 valence electrons. The summed E-state index contributed by atoms with van der Waals surface area (Å²) < 4.78 is 5.35. The van der Waals surface area contributed by atoms with Gasteiger partial charge >= 0.3 is 5.97 Å². The van der Waals surface area contributed by atoms with Gasteiger partial charge in [0.15, 0.2) is 0 Å². The smallest absolute Gasteiger partial charge is 0.308 e. The van der Waals surface area contributed by atoms with Crippen molar-refractivity contribution >= 4 is 11.9 Å². The SMILES string of the molecule is Cc1cccc(CC(CNC(=O)c2ccc3c(c2)COC3)C(=O)O)c1. The molecule has 1 unspecified atom stereocenters. The van der Waals surface area contributed by atoms with Crippen LogP contribution in [-0.4, -0.2) is 23.5 Å². The van der Waals surface area contributed by atoms with E-state index in [1.54, 1.807) is 6.07 Å². The van der Waals surface area contributed by atoms with Gasteiger partial charge in [0.1, 0.15) is 0 Å². The lowest BCUT2D eigenvalue weighted by atomic mass is 9.98. The first-order chi connectivity index (χ1) is 12.0. The van der Waals surface area contributed by atoms with E-state index in [4.69, 9.17) is 4.74 Å². The number of carboxylic acid groups (broad SMARTS) is 1. The molecule has 2 aromatic carbocycles. The van der Waals surface area contributed by atoms with Crippen LogP contribution in [0.2, 0.25) is 0 Å². The van der Waals surface area contributed by atoms with E-state index in [2.05, 4.69) is 5.32 Å². The Morgan fingerprint density at radius 2 is 1.96 bits per heavy atom. The molecule has 25 heavy (non-hydrogen) atoms. The van der Waals surface area contributed by atoms with Gasteiger partial charge in [0.25, 0.3) is 5.91 Å². The highest BCUT2D eigenvalue weighted by molar-refractivity contribution is 5.94. The number of hydrogen-bond acceptors (Lipinski definition) is 3. The number of benzene rings is 2. The van der Waals surface area contributed by atoms with E-state index in [0.29, 0.717) is 25.2 Å². The number of ether oxygens (including phenoxy) is 1. The van der Waals surface area contributed by atoms with Crippen LogP contribution in [0.15, 0.2) is 42.5 Å². The minimum atomic E-state index is -0.913. The molecule has 0 fully saturated rings. The Morgan fingerprint density at radius 3 is 2.72 bits per heavy atom. The molecule has 3 rings (SSSR count). The molecule has 2 N–H and O–H groups in total. The van der Waals surface area contributed by atoms with Gasteiger partial charge in [-0.25, -0.2) is 0 Å². The van der Waals surface area contributed by atoms with Crippen molar-refractivity contribution in [1.82, 2.24) is 5.32 Å². The zero-order valence-corrected chi connectivity index (χ0v) is 14.1. The van der Waals surface area contributed by atoms with Gasteiger partial charge < -0.3 is 15.2 Å². The zero-order chi connectivity index (χ0) is 17.8. The van der Waals surface area contributed by atoms with E-state index < -0.39 is 11.9 Å². The summed E-state index contributed by atoms with van der Waals surface area (Å²) in [6.07, 6.45) is 0.384. The molecule has 0 saturated carbocycles. The summed E-state index contributed by atoms with van der Waals surface area (Å²) in [5.74, 6) is -1.84. The fourth-order valence-electron chi connectivity index (χ4n) is 3.00. The van der Waals surface area contributed by atoms with Gasteiger partial charge in [0.05, 0.1) is 19.1 Å². The van der Waals surface area contributed by atoms with Crippen molar-refractivity contribution in [1.29, 1.82) is 0 Å². The lowest BCUT2D eigenvalue weighted by Gasteiger charge is -2.14. The molecule has 0 saturated heterocycles. The molecule has 0 bridgehead atoms. The number of aryl methyl sites for hydroxylation is 1. The van der Waals surface area contributed by atoms with Gasteiger partial charge in [-0.3, -0.25) is 9.59 Å². The Labute approximate surface area is 146 Å². The van der Waals surface area contributed by atoms with Gasteiger partial charge in [-0.1, -0.05) is 35.9 Å². The van der Waals surface area contributed by atoms with Crippen LogP contribution >= 0.6 is 0 Å². The zero-order valence-electron chi connectivity index (χ0n) is 14.1. The molecule has 0 radical (unpaired) electrons. The minimum Gasteiger partial charge on any atom is -0.481 e. The maximum Gasteiger partial charge on any atom is 0.308 e. The summed E-state index contributed by atoms with van der Waals surface area (Å²) in [7, 11) is 0. The summed E-state index contributed by atoms with van der Waals surface area (Å²) in [4.78, 5) is 23.9. The van der Waals surface area contributed by atoms with E-state index >= 15 is 0 Å². The van der Waals surface area contributed by atoms with Crippen LogP contribution in [0.3, 0.4) is 0 Å². The second kappa shape index (κ2) is 7.49. The third-order valence-corrected chi connectivity index (χ3v) is 4.41. The third-order valence-electron chi connectivity index (χ3n) is 4.41. The number of fused-ring (bicyclic) bond motifs is 1. The Bertz CT molecular complexity index is 800. The second-order valence-electron chi connectivity index (χ2n) is 6.41. The van der Waals surface area contributed by atoms with E-state index in [1.165, 1.54) is 0 Å². The standard InChI is InChI=1S/C20H21NO4/c1-13-3-2-4-14(7-13)8-17(20(23)24)10-21-19(22)15-5-6-16-11-25-12-18(16)9-15/h2-7,9,17H,8,10-12H2,1H3,(H,21,22)(H,23,24). The van der Waals surface area contributed by atoms with Crippen LogP contribution in [0, 0.1) is 12.8 Å². The molecule has 0 aromatic heterocycles. The Hall–Kier alpha value is -2.66. The van der Waals surface area contributed by atoms with Crippen molar-refractivity contribution in [3.63, 3.8) is 0 Å². The number of aliphatic carboxylic acids is 1. The first-order valence-electron chi connectivity index (χ1n) is 8.29.